The van der Waals surface area contributed by atoms with E-state index >= 15 is 0 Å². The number of hydrogen-bond acceptors (Lipinski definition) is 2. The number of ether oxygens (including phenoxy) is 1. The highest BCUT2D eigenvalue weighted by molar-refractivity contribution is 9.09. The molecule has 0 aromatic rings. The standard InChI is InChI=1S/C8H18BrNO/c1-8(2)10(5-4-9)6-7-11-3/h8H,4-7H2,1-3H3. The zero-order valence-corrected chi connectivity index (χ0v) is 9.23. The molecule has 0 aromatic carbocycles. The molecule has 0 heterocycles. The predicted molar refractivity (Wildman–Crippen MR) is 52.4 cm³/mol. The van der Waals surface area contributed by atoms with Gasteiger partial charge in [-0.3, -0.25) is 4.90 Å². The largest absolute Gasteiger partial charge is 0.383 e. The third-order valence-corrected chi connectivity index (χ3v) is 2.04. The van der Waals surface area contributed by atoms with E-state index in [1.807, 2.05) is 0 Å². The Morgan fingerprint density at radius 1 is 1.36 bits per heavy atom. The van der Waals surface area contributed by atoms with E-state index in [0.29, 0.717) is 6.04 Å². The molecule has 0 rings (SSSR count). The molecular weight excluding hydrogens is 206 g/mol. The molecule has 0 saturated heterocycles. The molecule has 0 radical (unpaired) electrons. The molecular formula is C8H18BrNO. The van der Waals surface area contributed by atoms with E-state index < -0.39 is 0 Å². The molecule has 0 aromatic heterocycles. The smallest absolute Gasteiger partial charge is 0.0589 e. The van der Waals surface area contributed by atoms with Crippen LogP contribution in [-0.4, -0.2) is 43.1 Å². The lowest BCUT2D eigenvalue weighted by atomic mass is 10.3. The van der Waals surface area contributed by atoms with E-state index in [9.17, 15) is 0 Å². The van der Waals surface area contributed by atoms with E-state index in [0.717, 1.165) is 25.0 Å². The van der Waals surface area contributed by atoms with Crippen LogP contribution in [-0.2, 0) is 4.74 Å². The molecule has 11 heavy (non-hydrogen) atoms. The van der Waals surface area contributed by atoms with Crippen molar-refractivity contribution in [2.24, 2.45) is 0 Å². The van der Waals surface area contributed by atoms with Crippen molar-refractivity contribution >= 4 is 15.9 Å². The maximum absolute atomic E-state index is 5.01. The fourth-order valence-electron chi connectivity index (χ4n) is 0.945. The summed E-state index contributed by atoms with van der Waals surface area (Å²) >= 11 is 3.43. The van der Waals surface area contributed by atoms with Gasteiger partial charge >= 0.3 is 0 Å². The van der Waals surface area contributed by atoms with Gasteiger partial charge in [0, 0.05) is 31.6 Å². The second-order valence-electron chi connectivity index (χ2n) is 2.81. The van der Waals surface area contributed by atoms with Gasteiger partial charge in [0.2, 0.25) is 0 Å². The number of alkyl halides is 1. The monoisotopic (exact) mass is 223 g/mol. The summed E-state index contributed by atoms with van der Waals surface area (Å²) in [6, 6.07) is 0.614. The van der Waals surface area contributed by atoms with Crippen molar-refractivity contribution in [1.82, 2.24) is 4.90 Å². The van der Waals surface area contributed by atoms with Crippen molar-refractivity contribution in [2.75, 3.05) is 32.1 Å². The Kier molecular flexibility index (Phi) is 7.33. The van der Waals surface area contributed by atoms with Crippen LogP contribution in [0, 0.1) is 0 Å². The van der Waals surface area contributed by atoms with Gasteiger partial charge in [-0.15, -0.1) is 0 Å². The lowest BCUT2D eigenvalue weighted by molar-refractivity contribution is 0.135. The highest BCUT2D eigenvalue weighted by atomic mass is 79.9. The molecule has 0 aliphatic rings. The molecule has 0 aliphatic carbocycles. The van der Waals surface area contributed by atoms with Gasteiger partial charge in [-0.05, 0) is 13.8 Å². The van der Waals surface area contributed by atoms with Crippen LogP contribution in [0.2, 0.25) is 0 Å². The van der Waals surface area contributed by atoms with Gasteiger partial charge in [0.15, 0.2) is 0 Å². The van der Waals surface area contributed by atoms with Gasteiger partial charge in [0.1, 0.15) is 0 Å². The Morgan fingerprint density at radius 2 is 2.00 bits per heavy atom. The summed E-state index contributed by atoms with van der Waals surface area (Å²) in [5.74, 6) is 0. The Bertz CT molecular complexity index is 88.2. The maximum Gasteiger partial charge on any atom is 0.0589 e. The van der Waals surface area contributed by atoms with E-state index in [-0.39, 0.29) is 0 Å². The summed E-state index contributed by atoms with van der Waals surface area (Å²) in [7, 11) is 1.74. The molecule has 0 unspecified atom stereocenters. The number of hydrogen-bond donors (Lipinski definition) is 0. The first-order chi connectivity index (χ1) is 5.22. The normalized spacial score (nSPS) is 11.5. The second-order valence-corrected chi connectivity index (χ2v) is 3.60. The minimum Gasteiger partial charge on any atom is -0.383 e. The predicted octanol–water partition coefficient (Wildman–Crippen LogP) is 1.74. The first-order valence-corrected chi connectivity index (χ1v) is 5.13. The molecule has 0 fully saturated rings. The average molecular weight is 224 g/mol. The zero-order valence-electron chi connectivity index (χ0n) is 7.64. The highest BCUT2D eigenvalue weighted by Crippen LogP contribution is 1.98. The second kappa shape index (κ2) is 7.07. The fourth-order valence-corrected chi connectivity index (χ4v) is 1.40. The van der Waals surface area contributed by atoms with E-state index in [2.05, 4.69) is 34.7 Å². The Balaban J connectivity index is 3.51. The Hall–Kier alpha value is 0.400. The number of rotatable bonds is 6. The highest BCUT2D eigenvalue weighted by Gasteiger charge is 2.06. The van der Waals surface area contributed by atoms with Gasteiger partial charge < -0.3 is 4.74 Å². The summed E-state index contributed by atoms with van der Waals surface area (Å²) in [5.41, 5.74) is 0. The topological polar surface area (TPSA) is 12.5 Å². The average Bonchev–Trinajstić information content (AvgIpc) is 1.97. The lowest BCUT2D eigenvalue weighted by Crippen LogP contribution is -2.35. The summed E-state index contributed by atoms with van der Waals surface area (Å²) in [6.07, 6.45) is 0. The number of halogens is 1. The first kappa shape index (κ1) is 11.4. The van der Waals surface area contributed by atoms with Gasteiger partial charge in [-0.2, -0.15) is 0 Å². The molecule has 0 spiro atoms. The molecule has 0 atom stereocenters. The van der Waals surface area contributed by atoms with Crippen LogP contribution < -0.4 is 0 Å². The third-order valence-electron chi connectivity index (χ3n) is 1.68. The van der Waals surface area contributed by atoms with Crippen molar-refractivity contribution in [3.05, 3.63) is 0 Å². The minimum atomic E-state index is 0.614. The molecule has 0 N–H and O–H groups in total. The number of methoxy groups -OCH3 is 1. The van der Waals surface area contributed by atoms with E-state index in [1.54, 1.807) is 7.11 Å². The van der Waals surface area contributed by atoms with Crippen LogP contribution in [0.15, 0.2) is 0 Å². The molecule has 0 amide bonds. The van der Waals surface area contributed by atoms with Crippen LogP contribution in [0.5, 0.6) is 0 Å². The van der Waals surface area contributed by atoms with Gasteiger partial charge in [0.05, 0.1) is 6.61 Å². The van der Waals surface area contributed by atoms with Crippen molar-refractivity contribution in [1.29, 1.82) is 0 Å². The molecule has 0 aliphatic heterocycles. The fraction of sp³-hybridized carbons (Fsp3) is 1.00. The summed E-state index contributed by atoms with van der Waals surface area (Å²) < 4.78 is 5.01. The molecule has 2 nitrogen and oxygen atoms in total. The van der Waals surface area contributed by atoms with Gasteiger partial charge in [-0.1, -0.05) is 15.9 Å². The number of nitrogens with zero attached hydrogens (tertiary/aromatic N) is 1. The van der Waals surface area contributed by atoms with Crippen LogP contribution in [0.3, 0.4) is 0 Å². The van der Waals surface area contributed by atoms with Crippen molar-refractivity contribution < 1.29 is 4.74 Å². The van der Waals surface area contributed by atoms with Gasteiger partial charge in [-0.25, -0.2) is 0 Å². The van der Waals surface area contributed by atoms with Crippen LogP contribution >= 0.6 is 15.9 Å². The van der Waals surface area contributed by atoms with E-state index in [1.165, 1.54) is 0 Å². The van der Waals surface area contributed by atoms with Crippen LogP contribution in [0.4, 0.5) is 0 Å². The van der Waals surface area contributed by atoms with E-state index in [4.69, 9.17) is 4.74 Å². The third kappa shape index (κ3) is 5.65. The molecule has 68 valence electrons. The maximum atomic E-state index is 5.01. The molecule has 3 heteroatoms. The lowest BCUT2D eigenvalue weighted by Gasteiger charge is -2.24. The Labute approximate surface area is 78.0 Å². The quantitative estimate of drug-likeness (QED) is 0.637. The summed E-state index contributed by atoms with van der Waals surface area (Å²) in [5, 5.41) is 1.04. The van der Waals surface area contributed by atoms with Crippen LogP contribution in [0.1, 0.15) is 13.8 Å². The summed E-state index contributed by atoms with van der Waals surface area (Å²) in [4.78, 5) is 2.39. The Morgan fingerprint density at radius 3 is 2.36 bits per heavy atom. The minimum absolute atomic E-state index is 0.614. The first-order valence-electron chi connectivity index (χ1n) is 4.01. The summed E-state index contributed by atoms with van der Waals surface area (Å²) in [6.45, 7) is 7.36. The SMILES string of the molecule is COCCN(CCBr)C(C)C. The van der Waals surface area contributed by atoms with Crippen LogP contribution in [0.25, 0.3) is 0 Å². The van der Waals surface area contributed by atoms with Crippen molar-refractivity contribution in [2.45, 2.75) is 19.9 Å². The zero-order chi connectivity index (χ0) is 8.69. The van der Waals surface area contributed by atoms with Crippen molar-refractivity contribution in [3.63, 3.8) is 0 Å². The molecule has 0 saturated carbocycles. The van der Waals surface area contributed by atoms with Gasteiger partial charge in [0.25, 0.3) is 0 Å². The van der Waals surface area contributed by atoms with Crippen molar-refractivity contribution in [3.8, 4) is 0 Å². The molecule has 0 bridgehead atoms.